The Morgan fingerprint density at radius 1 is 0.586 bits per heavy atom. The summed E-state index contributed by atoms with van der Waals surface area (Å²) in [5, 5.41) is 18.4. The first-order valence-corrected chi connectivity index (χ1v) is 8.27. The molecule has 0 spiro atoms. The van der Waals surface area contributed by atoms with Crippen LogP contribution in [0, 0.1) is 0 Å². The Morgan fingerprint density at radius 3 is 1.55 bits per heavy atom. The summed E-state index contributed by atoms with van der Waals surface area (Å²) in [4.78, 5) is 44.6. The molecular formula is C21H14O8. The summed E-state index contributed by atoms with van der Waals surface area (Å²) in [6.07, 6.45) is 0. The molecule has 2 N–H and O–H groups in total. The van der Waals surface area contributed by atoms with Crippen LogP contribution in [0.5, 0.6) is 17.2 Å². The van der Waals surface area contributed by atoms with E-state index >= 15 is 0 Å². The molecule has 146 valence electrons. The van der Waals surface area contributed by atoms with Crippen molar-refractivity contribution in [3.05, 3.63) is 89.5 Å². The molecule has 0 aromatic heterocycles. The fraction of sp³-hybridized carbons (Fsp3) is 0. The van der Waals surface area contributed by atoms with E-state index in [4.69, 9.17) is 19.6 Å². The number of hydrogen-bond donors (Lipinski definition) is 2. The van der Waals surface area contributed by atoms with Crippen LogP contribution in [0.25, 0.3) is 0 Å². The highest BCUT2D eigenvalue weighted by atomic mass is 17.2. The standard InChI is InChI=1S/C21H14O8/c22-19(23)13-7-1-4-10-16(13)27-17-11-5-3-9-15(17)21(26)29-28-18-12-6-2-8-14(18)20(24)25/h1-12H,(H,22,23)(H,24,25). The molecule has 0 unspecified atom stereocenters. The number of rotatable bonds is 7. The van der Waals surface area contributed by atoms with Gasteiger partial charge >= 0.3 is 17.9 Å². The predicted octanol–water partition coefficient (Wildman–Crippen LogP) is 4.03. The molecule has 0 saturated heterocycles. The highest BCUT2D eigenvalue weighted by Gasteiger charge is 2.20. The average Bonchev–Trinajstić information content (AvgIpc) is 2.72. The van der Waals surface area contributed by atoms with Gasteiger partial charge in [0.05, 0.1) is 0 Å². The van der Waals surface area contributed by atoms with Gasteiger partial charge in [-0.3, -0.25) is 4.89 Å². The first-order chi connectivity index (χ1) is 14.0. The predicted molar refractivity (Wildman–Crippen MR) is 99.4 cm³/mol. The molecular weight excluding hydrogens is 380 g/mol. The van der Waals surface area contributed by atoms with Crippen LogP contribution in [0.1, 0.15) is 31.1 Å². The Kier molecular flexibility index (Phi) is 5.74. The molecule has 0 atom stereocenters. The van der Waals surface area contributed by atoms with Gasteiger partial charge in [0.25, 0.3) is 0 Å². The summed E-state index contributed by atoms with van der Waals surface area (Å²) in [5.41, 5.74) is -0.303. The maximum Gasteiger partial charge on any atom is 0.389 e. The second-order valence-electron chi connectivity index (χ2n) is 5.65. The molecule has 0 heterocycles. The van der Waals surface area contributed by atoms with E-state index in [1.165, 1.54) is 48.5 Å². The molecule has 3 rings (SSSR count). The maximum atomic E-state index is 12.4. The molecule has 3 aromatic rings. The van der Waals surface area contributed by atoms with Crippen LogP contribution in [-0.2, 0) is 4.89 Å². The lowest BCUT2D eigenvalue weighted by Gasteiger charge is -2.12. The number of para-hydroxylation sites is 3. The highest BCUT2D eigenvalue weighted by molar-refractivity contribution is 5.94. The Labute approximate surface area is 164 Å². The van der Waals surface area contributed by atoms with Crippen LogP contribution in [0.2, 0.25) is 0 Å². The summed E-state index contributed by atoms with van der Waals surface area (Å²) in [6, 6.07) is 17.6. The van der Waals surface area contributed by atoms with Gasteiger partial charge in [-0.2, -0.15) is 0 Å². The van der Waals surface area contributed by atoms with Crippen molar-refractivity contribution in [2.24, 2.45) is 0 Å². The van der Waals surface area contributed by atoms with Crippen molar-refractivity contribution >= 4 is 17.9 Å². The summed E-state index contributed by atoms with van der Waals surface area (Å²) >= 11 is 0. The van der Waals surface area contributed by atoms with Gasteiger partial charge in [0.2, 0.25) is 0 Å². The molecule has 0 radical (unpaired) electrons. The number of carbonyl (C=O) groups excluding carboxylic acids is 1. The molecule has 8 heteroatoms. The number of ether oxygens (including phenoxy) is 1. The minimum Gasteiger partial charge on any atom is -0.478 e. The van der Waals surface area contributed by atoms with E-state index in [-0.39, 0.29) is 33.9 Å². The molecule has 0 amide bonds. The van der Waals surface area contributed by atoms with Gasteiger partial charge in [0, 0.05) is 0 Å². The topological polar surface area (TPSA) is 119 Å². The number of carboxylic acid groups (broad SMARTS) is 2. The lowest BCUT2D eigenvalue weighted by molar-refractivity contribution is -0.150. The highest BCUT2D eigenvalue weighted by Crippen LogP contribution is 2.29. The number of hydrogen-bond acceptors (Lipinski definition) is 6. The SMILES string of the molecule is O=C(O)c1ccccc1OOC(=O)c1ccccc1Oc1ccccc1C(=O)O. The van der Waals surface area contributed by atoms with E-state index in [2.05, 4.69) is 0 Å². The second kappa shape index (κ2) is 8.57. The molecule has 0 aliphatic carbocycles. The fourth-order valence-corrected chi connectivity index (χ4v) is 2.42. The minimum absolute atomic E-state index is 0.0393. The van der Waals surface area contributed by atoms with Crippen molar-refractivity contribution < 1.29 is 39.1 Å². The van der Waals surface area contributed by atoms with Gasteiger partial charge in [0.15, 0.2) is 5.75 Å². The Bertz CT molecular complexity index is 1070. The number of aromatic carboxylic acids is 2. The zero-order valence-corrected chi connectivity index (χ0v) is 14.8. The average molecular weight is 394 g/mol. The third-order valence-electron chi connectivity index (χ3n) is 3.77. The second-order valence-corrected chi connectivity index (χ2v) is 5.65. The van der Waals surface area contributed by atoms with Crippen molar-refractivity contribution in [1.29, 1.82) is 0 Å². The molecule has 29 heavy (non-hydrogen) atoms. The van der Waals surface area contributed by atoms with Gasteiger partial charge in [-0.05, 0) is 36.4 Å². The lowest BCUT2D eigenvalue weighted by Crippen LogP contribution is -2.12. The quantitative estimate of drug-likeness (QED) is 0.455. The van der Waals surface area contributed by atoms with Crippen molar-refractivity contribution in [3.8, 4) is 17.2 Å². The molecule has 0 bridgehead atoms. The van der Waals surface area contributed by atoms with Crippen LogP contribution in [0.4, 0.5) is 0 Å². The first-order valence-electron chi connectivity index (χ1n) is 8.27. The molecule has 3 aromatic carbocycles. The fourth-order valence-electron chi connectivity index (χ4n) is 2.42. The van der Waals surface area contributed by atoms with Crippen molar-refractivity contribution in [3.63, 3.8) is 0 Å². The number of carboxylic acids is 2. The van der Waals surface area contributed by atoms with Crippen molar-refractivity contribution in [2.45, 2.75) is 0 Å². The molecule has 0 fully saturated rings. The van der Waals surface area contributed by atoms with Crippen LogP contribution >= 0.6 is 0 Å². The first kappa shape index (κ1) is 19.4. The largest absolute Gasteiger partial charge is 0.478 e. The smallest absolute Gasteiger partial charge is 0.389 e. The van der Waals surface area contributed by atoms with E-state index in [1.54, 1.807) is 24.3 Å². The van der Waals surface area contributed by atoms with Gasteiger partial charge < -0.3 is 14.9 Å². The Balaban J connectivity index is 1.82. The minimum atomic E-state index is -1.24. The summed E-state index contributed by atoms with van der Waals surface area (Å²) in [6.45, 7) is 0. The normalized spacial score (nSPS) is 10.1. The lowest BCUT2D eigenvalue weighted by atomic mass is 10.2. The summed E-state index contributed by atoms with van der Waals surface area (Å²) in [5.74, 6) is -3.45. The van der Waals surface area contributed by atoms with E-state index in [1.807, 2.05) is 0 Å². The van der Waals surface area contributed by atoms with Crippen LogP contribution < -0.4 is 9.62 Å². The van der Waals surface area contributed by atoms with Crippen molar-refractivity contribution in [1.82, 2.24) is 0 Å². The monoisotopic (exact) mass is 394 g/mol. The third-order valence-corrected chi connectivity index (χ3v) is 3.77. The Hall–Kier alpha value is -4.33. The van der Waals surface area contributed by atoms with Gasteiger partial charge in [-0.15, -0.1) is 0 Å². The van der Waals surface area contributed by atoms with E-state index < -0.39 is 17.9 Å². The molecule has 8 nitrogen and oxygen atoms in total. The summed E-state index contributed by atoms with van der Waals surface area (Å²) < 4.78 is 5.61. The van der Waals surface area contributed by atoms with Crippen LogP contribution in [-0.4, -0.2) is 28.1 Å². The van der Waals surface area contributed by atoms with Crippen molar-refractivity contribution in [2.75, 3.05) is 0 Å². The Morgan fingerprint density at radius 2 is 1.00 bits per heavy atom. The maximum absolute atomic E-state index is 12.4. The van der Waals surface area contributed by atoms with E-state index in [9.17, 15) is 19.5 Å². The number of benzene rings is 3. The molecule has 0 aliphatic heterocycles. The van der Waals surface area contributed by atoms with Gasteiger partial charge in [-0.1, -0.05) is 36.4 Å². The van der Waals surface area contributed by atoms with E-state index in [0.717, 1.165) is 0 Å². The van der Waals surface area contributed by atoms with Gasteiger partial charge in [-0.25, -0.2) is 19.3 Å². The van der Waals surface area contributed by atoms with Gasteiger partial charge in [0.1, 0.15) is 28.2 Å². The zero-order chi connectivity index (χ0) is 20.8. The summed E-state index contributed by atoms with van der Waals surface area (Å²) in [7, 11) is 0. The van der Waals surface area contributed by atoms with Crippen LogP contribution in [0.15, 0.2) is 72.8 Å². The third kappa shape index (κ3) is 4.51. The molecule has 0 saturated carbocycles. The van der Waals surface area contributed by atoms with Crippen LogP contribution in [0.3, 0.4) is 0 Å². The molecule has 0 aliphatic rings. The zero-order valence-electron chi connectivity index (χ0n) is 14.8. The number of carbonyl (C=O) groups is 3. The van der Waals surface area contributed by atoms with E-state index in [0.29, 0.717) is 0 Å².